The van der Waals surface area contributed by atoms with Crippen LogP contribution in [0, 0.1) is 32.1 Å². The normalized spacial score (nSPS) is 23.3. The van der Waals surface area contributed by atoms with Crippen molar-refractivity contribution in [2.45, 2.75) is 79.5 Å². The van der Waals surface area contributed by atoms with E-state index in [4.69, 9.17) is 14.5 Å². The molecule has 2 fully saturated rings. The highest BCUT2D eigenvalue weighted by Crippen LogP contribution is 2.41. The molecule has 6 rings (SSSR count). The molecule has 3 aliphatic heterocycles. The lowest BCUT2D eigenvalue weighted by atomic mass is 9.73. The number of carbonyl (C=O) groups is 1. The molecule has 0 saturated carbocycles. The second-order valence-electron chi connectivity index (χ2n) is 13.1. The molecule has 7 nitrogen and oxygen atoms in total. The fraction of sp³-hybridized carbons (Fsp3) is 0.543. The van der Waals surface area contributed by atoms with Crippen LogP contribution in [0.3, 0.4) is 0 Å². The number of aryl methyl sites for hydroxylation is 2. The molecule has 0 spiro atoms. The Labute approximate surface area is 259 Å². The van der Waals surface area contributed by atoms with Crippen LogP contribution in [0.25, 0.3) is 11.3 Å². The van der Waals surface area contributed by atoms with Crippen molar-refractivity contribution in [2.75, 3.05) is 37.7 Å². The Morgan fingerprint density at radius 1 is 1.16 bits per heavy atom. The highest BCUT2D eigenvalue weighted by molar-refractivity contribution is 7.14. The maximum absolute atomic E-state index is 11.9. The van der Waals surface area contributed by atoms with Gasteiger partial charge in [0.1, 0.15) is 12.4 Å². The minimum Gasteiger partial charge on any atom is -0.488 e. The molecule has 0 radical (unpaired) electrons. The second kappa shape index (κ2) is 12.2. The van der Waals surface area contributed by atoms with E-state index in [1.807, 2.05) is 13.8 Å². The first-order chi connectivity index (χ1) is 20.7. The number of hydrogen-bond donors (Lipinski definition) is 1. The molecule has 8 heteroatoms. The number of hydrogen-bond acceptors (Lipinski definition) is 7. The van der Waals surface area contributed by atoms with Crippen molar-refractivity contribution in [3.63, 3.8) is 0 Å². The Morgan fingerprint density at radius 2 is 1.95 bits per heavy atom. The number of aromatic nitrogens is 1. The van der Waals surface area contributed by atoms with E-state index in [-0.39, 0.29) is 5.92 Å². The van der Waals surface area contributed by atoms with Gasteiger partial charge in [-0.25, -0.2) is 4.98 Å². The van der Waals surface area contributed by atoms with Crippen LogP contribution < -0.4 is 9.64 Å². The number of fused-ring (bicyclic) bond motifs is 1. The highest BCUT2D eigenvalue weighted by atomic mass is 32.1. The lowest BCUT2D eigenvalue weighted by Crippen LogP contribution is -2.48. The third-order valence-electron chi connectivity index (χ3n) is 10.5. The number of aliphatic carboxylic acids is 1. The van der Waals surface area contributed by atoms with Gasteiger partial charge in [0.25, 0.3) is 0 Å². The van der Waals surface area contributed by atoms with Crippen LogP contribution >= 0.6 is 11.3 Å². The molecule has 1 N–H and O–H groups in total. The Balaban J connectivity index is 1.19. The molecule has 1 aromatic heterocycles. The molecule has 0 aliphatic carbocycles. The lowest BCUT2D eigenvalue weighted by Gasteiger charge is -2.41. The van der Waals surface area contributed by atoms with E-state index in [9.17, 15) is 9.90 Å². The smallest absolute Gasteiger partial charge is 0.309 e. The van der Waals surface area contributed by atoms with Gasteiger partial charge in [-0.1, -0.05) is 25.1 Å². The average molecular weight is 604 g/mol. The number of rotatable bonds is 7. The number of benzene rings is 2. The van der Waals surface area contributed by atoms with Gasteiger partial charge >= 0.3 is 5.97 Å². The van der Waals surface area contributed by atoms with Crippen molar-refractivity contribution in [3.8, 4) is 17.0 Å². The van der Waals surface area contributed by atoms with Crippen molar-refractivity contribution < 1.29 is 19.4 Å². The largest absolute Gasteiger partial charge is 0.488 e. The van der Waals surface area contributed by atoms with Crippen molar-refractivity contribution in [3.05, 3.63) is 63.0 Å². The summed E-state index contributed by atoms with van der Waals surface area (Å²) < 4.78 is 12.2. The molecule has 230 valence electrons. The summed E-state index contributed by atoms with van der Waals surface area (Å²) in [6.07, 6.45) is 3.98. The molecule has 3 aromatic rings. The molecule has 0 amide bonds. The van der Waals surface area contributed by atoms with Crippen LogP contribution in [0.4, 0.5) is 5.13 Å². The Morgan fingerprint density at radius 3 is 2.70 bits per heavy atom. The first-order valence-electron chi connectivity index (χ1n) is 15.7. The average Bonchev–Trinajstić information content (AvgIpc) is 3.50. The zero-order chi connectivity index (χ0) is 30.3. The van der Waals surface area contributed by atoms with Gasteiger partial charge in [0, 0.05) is 56.4 Å². The molecule has 3 aliphatic rings. The van der Waals surface area contributed by atoms with Crippen LogP contribution in [0.5, 0.6) is 5.75 Å². The molecule has 0 unspecified atom stereocenters. The predicted octanol–water partition coefficient (Wildman–Crippen LogP) is 6.79. The van der Waals surface area contributed by atoms with Crippen molar-refractivity contribution in [1.29, 1.82) is 0 Å². The number of ether oxygens (including phenoxy) is 2. The van der Waals surface area contributed by atoms with Gasteiger partial charge in [-0.3, -0.25) is 9.69 Å². The predicted molar refractivity (Wildman–Crippen MR) is 172 cm³/mol. The lowest BCUT2D eigenvalue weighted by molar-refractivity contribution is -0.152. The van der Waals surface area contributed by atoms with Crippen LogP contribution in [-0.4, -0.2) is 59.8 Å². The van der Waals surface area contributed by atoms with Gasteiger partial charge in [0.05, 0.1) is 11.1 Å². The minimum atomic E-state index is -0.706. The quantitative estimate of drug-likeness (QED) is 0.319. The maximum atomic E-state index is 11.9. The summed E-state index contributed by atoms with van der Waals surface area (Å²) in [5.74, 6) is 0.213. The van der Waals surface area contributed by atoms with E-state index in [2.05, 4.69) is 60.2 Å². The summed E-state index contributed by atoms with van der Waals surface area (Å²) in [5, 5.41) is 12.8. The van der Waals surface area contributed by atoms with Crippen LogP contribution in [0.1, 0.15) is 66.5 Å². The zero-order valence-corrected chi connectivity index (χ0v) is 27.1. The first kappa shape index (κ1) is 30.1. The molecule has 2 saturated heterocycles. The molecule has 4 heterocycles. The number of para-hydroxylation sites is 1. The van der Waals surface area contributed by atoms with Crippen LogP contribution in [-0.2, 0) is 29.1 Å². The van der Waals surface area contributed by atoms with Crippen molar-refractivity contribution in [2.24, 2.45) is 11.3 Å². The number of thiazole rings is 1. The molecular weight excluding hydrogens is 558 g/mol. The van der Waals surface area contributed by atoms with E-state index in [0.717, 1.165) is 73.3 Å². The fourth-order valence-electron chi connectivity index (χ4n) is 7.18. The van der Waals surface area contributed by atoms with Gasteiger partial charge < -0.3 is 19.5 Å². The molecular formula is C35H45N3O4S. The number of piperidine rings is 1. The van der Waals surface area contributed by atoms with Gasteiger partial charge in [-0.15, -0.1) is 11.3 Å². The van der Waals surface area contributed by atoms with E-state index in [1.54, 1.807) is 11.3 Å². The summed E-state index contributed by atoms with van der Waals surface area (Å²) >= 11 is 1.62. The monoisotopic (exact) mass is 603 g/mol. The summed E-state index contributed by atoms with van der Waals surface area (Å²) in [6.45, 7) is 16.4. The Bertz CT molecular complexity index is 1500. The second-order valence-corrected chi connectivity index (χ2v) is 13.9. The molecule has 2 aromatic carbocycles. The molecule has 2 atom stereocenters. The number of nitrogens with zero attached hydrogens (tertiary/aromatic N) is 3. The summed E-state index contributed by atoms with van der Waals surface area (Å²) in [7, 11) is 0. The first-order valence-corrected chi connectivity index (χ1v) is 16.6. The number of anilines is 1. The maximum Gasteiger partial charge on any atom is 0.309 e. The van der Waals surface area contributed by atoms with E-state index in [0.29, 0.717) is 32.2 Å². The van der Waals surface area contributed by atoms with Gasteiger partial charge in [0.2, 0.25) is 0 Å². The van der Waals surface area contributed by atoms with E-state index in [1.165, 1.54) is 27.8 Å². The SMILES string of the molecule is Cc1cc(COc2c(C)cccc2-c2csc(N3CC[C@](C)(C(=O)O)[C@@H](C)C3)n2)c(C)c2c1CN(C1CCOCC1)CC2. The Hall–Kier alpha value is -2.94. The van der Waals surface area contributed by atoms with E-state index < -0.39 is 11.4 Å². The van der Waals surface area contributed by atoms with Gasteiger partial charge in [-0.05, 0) is 98.7 Å². The molecule has 0 bridgehead atoms. The van der Waals surface area contributed by atoms with Crippen LogP contribution in [0.15, 0.2) is 29.6 Å². The van der Waals surface area contributed by atoms with Crippen molar-refractivity contribution in [1.82, 2.24) is 9.88 Å². The van der Waals surface area contributed by atoms with Crippen molar-refractivity contribution >= 4 is 22.4 Å². The fourth-order valence-corrected chi connectivity index (χ4v) is 8.04. The number of carboxylic acid groups (broad SMARTS) is 1. The Kier molecular flexibility index (Phi) is 8.55. The highest BCUT2D eigenvalue weighted by Gasteiger charge is 2.43. The summed E-state index contributed by atoms with van der Waals surface area (Å²) in [5.41, 5.74) is 9.30. The standard InChI is InChI=1S/C35H45N3O4S/c1-22-7-6-8-29(31-21-43-34(36-31)38-14-12-35(5,33(39)40)24(3)18-38)32(22)42-20-26-17-23(2)30-19-37(13-9-28(30)25(26)4)27-10-15-41-16-11-27/h6-8,17,21,24,27H,9-16,18-20H2,1-5H3,(H,39,40)/t24-,35-/m0/s1. The van der Waals surface area contributed by atoms with Crippen LogP contribution in [0.2, 0.25) is 0 Å². The summed E-state index contributed by atoms with van der Waals surface area (Å²) in [4.78, 5) is 21.8. The number of carboxylic acids is 1. The third kappa shape index (κ3) is 5.81. The summed E-state index contributed by atoms with van der Waals surface area (Å²) in [6, 6.07) is 9.23. The molecule has 43 heavy (non-hydrogen) atoms. The van der Waals surface area contributed by atoms with E-state index >= 15 is 0 Å². The third-order valence-corrected chi connectivity index (χ3v) is 11.4. The minimum absolute atomic E-state index is 0.0391. The van der Waals surface area contributed by atoms with Gasteiger partial charge in [-0.2, -0.15) is 0 Å². The topological polar surface area (TPSA) is 75.1 Å². The zero-order valence-electron chi connectivity index (χ0n) is 26.2. The van der Waals surface area contributed by atoms with Gasteiger partial charge in [0.15, 0.2) is 5.13 Å².